The largest absolute Gasteiger partial charge is 0.504 e. The average Bonchev–Trinajstić information content (AvgIpc) is 2.79. The Labute approximate surface area is 122 Å². The minimum absolute atomic E-state index is 0.218. The second-order valence-corrected chi connectivity index (χ2v) is 5.85. The first-order valence-corrected chi connectivity index (χ1v) is 7.40. The van der Waals surface area contributed by atoms with E-state index in [9.17, 15) is 5.11 Å². The zero-order valence-corrected chi connectivity index (χ0v) is 12.8. The van der Waals surface area contributed by atoms with E-state index in [1.165, 1.54) is 25.1 Å². The Morgan fingerprint density at radius 3 is 2.90 bits per heavy atom. The van der Waals surface area contributed by atoms with Crippen molar-refractivity contribution >= 4 is 0 Å². The molecule has 0 bridgehead atoms. The number of likely N-dealkylation sites (tertiary alicyclic amines) is 1. The molecule has 4 nitrogen and oxygen atoms in total. The van der Waals surface area contributed by atoms with Gasteiger partial charge in [0.15, 0.2) is 11.5 Å². The molecule has 2 rings (SSSR count). The van der Waals surface area contributed by atoms with Crippen molar-refractivity contribution in [3.8, 4) is 11.5 Å². The third-order valence-corrected chi connectivity index (χ3v) is 3.84. The van der Waals surface area contributed by atoms with E-state index in [1.807, 2.05) is 19.1 Å². The van der Waals surface area contributed by atoms with Crippen LogP contribution in [-0.2, 0) is 6.54 Å². The van der Waals surface area contributed by atoms with Crippen molar-refractivity contribution in [3.63, 3.8) is 0 Å². The Balaban J connectivity index is 1.90. The topological polar surface area (TPSA) is 35.9 Å². The van der Waals surface area contributed by atoms with Gasteiger partial charge in [-0.25, -0.2) is 0 Å². The summed E-state index contributed by atoms with van der Waals surface area (Å²) in [5.74, 6) is 1.57. The second-order valence-electron chi connectivity index (χ2n) is 5.85. The molecule has 0 saturated carbocycles. The van der Waals surface area contributed by atoms with Crippen molar-refractivity contribution in [2.45, 2.75) is 19.9 Å². The lowest BCUT2D eigenvalue weighted by atomic mass is 10.1. The number of hydrogen-bond acceptors (Lipinski definition) is 4. The number of phenols is 1. The molecule has 1 N–H and O–H groups in total. The summed E-state index contributed by atoms with van der Waals surface area (Å²) in [4.78, 5) is 4.75. The van der Waals surface area contributed by atoms with Gasteiger partial charge in [-0.15, -0.1) is 0 Å². The van der Waals surface area contributed by atoms with Crippen molar-refractivity contribution < 1.29 is 9.84 Å². The maximum absolute atomic E-state index is 9.72. The van der Waals surface area contributed by atoms with Crippen molar-refractivity contribution in [3.05, 3.63) is 23.8 Å². The van der Waals surface area contributed by atoms with Crippen LogP contribution in [0.4, 0.5) is 0 Å². The van der Waals surface area contributed by atoms with E-state index in [0.29, 0.717) is 12.4 Å². The van der Waals surface area contributed by atoms with Gasteiger partial charge in [-0.05, 0) is 57.6 Å². The molecule has 1 aromatic carbocycles. The molecule has 0 spiro atoms. The highest BCUT2D eigenvalue weighted by Crippen LogP contribution is 2.27. The van der Waals surface area contributed by atoms with Gasteiger partial charge in [0.25, 0.3) is 0 Å². The van der Waals surface area contributed by atoms with E-state index < -0.39 is 0 Å². The van der Waals surface area contributed by atoms with E-state index in [-0.39, 0.29) is 5.75 Å². The molecule has 0 radical (unpaired) electrons. The zero-order valence-electron chi connectivity index (χ0n) is 12.8. The average molecular weight is 278 g/mol. The summed E-state index contributed by atoms with van der Waals surface area (Å²) < 4.78 is 5.43. The van der Waals surface area contributed by atoms with Crippen molar-refractivity contribution in [1.82, 2.24) is 9.80 Å². The van der Waals surface area contributed by atoms with Gasteiger partial charge < -0.3 is 19.6 Å². The van der Waals surface area contributed by atoms with E-state index >= 15 is 0 Å². The van der Waals surface area contributed by atoms with Crippen molar-refractivity contribution in [1.29, 1.82) is 0 Å². The van der Waals surface area contributed by atoms with Crippen LogP contribution in [0.3, 0.4) is 0 Å². The summed E-state index contributed by atoms with van der Waals surface area (Å²) in [5, 5.41) is 9.72. The molecule has 1 aromatic rings. The predicted molar refractivity (Wildman–Crippen MR) is 81.2 cm³/mol. The highest BCUT2D eigenvalue weighted by Gasteiger charge is 2.20. The molecule has 1 aliphatic heterocycles. The third-order valence-electron chi connectivity index (χ3n) is 3.84. The Hall–Kier alpha value is -1.26. The van der Waals surface area contributed by atoms with Gasteiger partial charge in [-0.3, -0.25) is 0 Å². The highest BCUT2D eigenvalue weighted by atomic mass is 16.5. The standard InChI is InChI=1S/C16H26N2O2/c1-4-20-16-9-13(5-6-15(16)19)10-18(3)12-14-7-8-17(2)11-14/h5-6,9,14,19H,4,7-8,10-12H2,1-3H3. The van der Waals surface area contributed by atoms with E-state index in [2.05, 4.69) is 23.9 Å². The fourth-order valence-corrected chi connectivity index (χ4v) is 2.92. The molecule has 1 fully saturated rings. The lowest BCUT2D eigenvalue weighted by Gasteiger charge is -2.21. The summed E-state index contributed by atoms with van der Waals surface area (Å²) in [6.07, 6.45) is 1.29. The Bertz CT molecular complexity index is 436. The lowest BCUT2D eigenvalue weighted by molar-refractivity contribution is 0.266. The SMILES string of the molecule is CCOc1cc(CN(C)CC2CCN(C)C2)ccc1O. The fraction of sp³-hybridized carbons (Fsp3) is 0.625. The van der Waals surface area contributed by atoms with Gasteiger partial charge in [0.2, 0.25) is 0 Å². The van der Waals surface area contributed by atoms with Crippen LogP contribution < -0.4 is 4.74 Å². The van der Waals surface area contributed by atoms with Crippen LogP contribution in [0.15, 0.2) is 18.2 Å². The Kier molecular flexibility index (Phi) is 5.26. The Morgan fingerprint density at radius 2 is 2.25 bits per heavy atom. The molecule has 1 aliphatic rings. The first-order valence-electron chi connectivity index (χ1n) is 7.40. The predicted octanol–water partition coefficient (Wildman–Crippen LogP) is 2.17. The smallest absolute Gasteiger partial charge is 0.161 e. The van der Waals surface area contributed by atoms with Crippen LogP contribution >= 0.6 is 0 Å². The van der Waals surface area contributed by atoms with Crippen LogP contribution in [0.2, 0.25) is 0 Å². The minimum Gasteiger partial charge on any atom is -0.504 e. The molecule has 0 amide bonds. The highest BCUT2D eigenvalue weighted by molar-refractivity contribution is 5.41. The molecule has 1 atom stereocenters. The monoisotopic (exact) mass is 278 g/mol. The van der Waals surface area contributed by atoms with E-state index in [0.717, 1.165) is 19.0 Å². The van der Waals surface area contributed by atoms with Crippen molar-refractivity contribution in [2.75, 3.05) is 40.3 Å². The first-order chi connectivity index (χ1) is 9.58. The maximum Gasteiger partial charge on any atom is 0.161 e. The molecule has 1 unspecified atom stereocenters. The number of ether oxygens (including phenoxy) is 1. The fourth-order valence-electron chi connectivity index (χ4n) is 2.92. The summed E-state index contributed by atoms with van der Waals surface area (Å²) in [6.45, 7) is 6.92. The molecule has 112 valence electrons. The van der Waals surface area contributed by atoms with Gasteiger partial charge in [0, 0.05) is 19.6 Å². The quantitative estimate of drug-likeness (QED) is 0.865. The minimum atomic E-state index is 0.218. The number of aromatic hydroxyl groups is 1. The first kappa shape index (κ1) is 15.1. The molecule has 1 heterocycles. The third kappa shape index (κ3) is 4.12. The number of nitrogens with zero attached hydrogens (tertiary/aromatic N) is 2. The molecule has 4 heteroatoms. The molecule has 1 saturated heterocycles. The molecule has 20 heavy (non-hydrogen) atoms. The number of hydrogen-bond donors (Lipinski definition) is 1. The molecule has 0 aliphatic carbocycles. The number of phenolic OH excluding ortho intramolecular Hbond substituents is 1. The van der Waals surface area contributed by atoms with Crippen LogP contribution in [0, 0.1) is 5.92 Å². The lowest BCUT2D eigenvalue weighted by Crippen LogP contribution is -2.27. The van der Waals surface area contributed by atoms with Crippen LogP contribution in [0.5, 0.6) is 11.5 Å². The van der Waals surface area contributed by atoms with Crippen molar-refractivity contribution in [2.24, 2.45) is 5.92 Å². The number of benzene rings is 1. The summed E-state index contributed by atoms with van der Waals surface area (Å²) in [7, 11) is 4.35. The summed E-state index contributed by atoms with van der Waals surface area (Å²) >= 11 is 0. The maximum atomic E-state index is 9.72. The normalized spacial score (nSPS) is 19.7. The summed E-state index contributed by atoms with van der Waals surface area (Å²) in [5.41, 5.74) is 1.18. The van der Waals surface area contributed by atoms with Crippen LogP contribution in [-0.4, -0.2) is 55.2 Å². The van der Waals surface area contributed by atoms with Gasteiger partial charge in [0.05, 0.1) is 6.61 Å². The van der Waals surface area contributed by atoms with E-state index in [1.54, 1.807) is 6.07 Å². The molecular formula is C16H26N2O2. The second kappa shape index (κ2) is 6.95. The molecular weight excluding hydrogens is 252 g/mol. The van der Waals surface area contributed by atoms with Crippen LogP contribution in [0.1, 0.15) is 18.9 Å². The van der Waals surface area contributed by atoms with Gasteiger partial charge in [0.1, 0.15) is 0 Å². The van der Waals surface area contributed by atoms with Gasteiger partial charge >= 0.3 is 0 Å². The van der Waals surface area contributed by atoms with E-state index in [4.69, 9.17) is 4.74 Å². The number of rotatable bonds is 6. The summed E-state index contributed by atoms with van der Waals surface area (Å²) in [6, 6.07) is 5.63. The van der Waals surface area contributed by atoms with Gasteiger partial charge in [-0.1, -0.05) is 6.07 Å². The zero-order chi connectivity index (χ0) is 14.5. The van der Waals surface area contributed by atoms with Gasteiger partial charge in [-0.2, -0.15) is 0 Å². The van der Waals surface area contributed by atoms with Crippen LogP contribution in [0.25, 0.3) is 0 Å². The Morgan fingerprint density at radius 1 is 1.45 bits per heavy atom. The molecule has 0 aromatic heterocycles.